The minimum Gasteiger partial charge on any atom is -0.491 e. The van der Waals surface area contributed by atoms with E-state index in [1.54, 1.807) is 11.9 Å². The number of nitrogens with zero attached hydrogens (tertiary/aromatic N) is 3. The molecule has 2 aliphatic heterocycles. The van der Waals surface area contributed by atoms with Crippen molar-refractivity contribution in [3.8, 4) is 5.75 Å². The highest BCUT2D eigenvalue weighted by molar-refractivity contribution is 5.99. The van der Waals surface area contributed by atoms with E-state index >= 15 is 0 Å². The number of carbonyl (C=O) groups excluding carboxylic acids is 3. The monoisotopic (exact) mass is 464 g/mol. The fraction of sp³-hybridized carbons (Fsp3) is 0.545. The van der Waals surface area contributed by atoms with E-state index in [9.17, 15) is 28.7 Å². The molecule has 2 heterocycles. The van der Waals surface area contributed by atoms with Crippen molar-refractivity contribution in [2.75, 3.05) is 40.8 Å². The molecule has 10 nitrogen and oxygen atoms in total. The molecule has 3 rings (SSSR count). The third kappa shape index (κ3) is 5.41. The predicted octanol–water partition coefficient (Wildman–Crippen LogP) is 0.171. The second kappa shape index (κ2) is 10.2. The summed E-state index contributed by atoms with van der Waals surface area (Å²) in [6, 6.07) is 1.87. The van der Waals surface area contributed by atoms with Crippen LogP contribution in [0.3, 0.4) is 0 Å². The summed E-state index contributed by atoms with van der Waals surface area (Å²) in [6.45, 7) is 0.337. The third-order valence-corrected chi connectivity index (χ3v) is 6.25. The van der Waals surface area contributed by atoms with Gasteiger partial charge in [-0.2, -0.15) is 0 Å². The molecule has 3 atom stereocenters. The summed E-state index contributed by atoms with van der Waals surface area (Å²) in [4.78, 5) is 54.4. The number of benzene rings is 1. The molecular formula is C22H29FN4O6. The van der Waals surface area contributed by atoms with E-state index in [2.05, 4.69) is 5.32 Å². The van der Waals surface area contributed by atoms with Crippen molar-refractivity contribution in [1.82, 2.24) is 20.0 Å². The Morgan fingerprint density at radius 1 is 1.21 bits per heavy atom. The first-order valence-corrected chi connectivity index (χ1v) is 10.7. The van der Waals surface area contributed by atoms with Crippen molar-refractivity contribution in [1.29, 1.82) is 0 Å². The number of carboxylic acids is 1. The molecule has 0 aliphatic carbocycles. The fourth-order valence-corrected chi connectivity index (χ4v) is 4.22. The molecule has 0 bridgehead atoms. The van der Waals surface area contributed by atoms with Crippen LogP contribution < -0.4 is 10.1 Å². The Labute approximate surface area is 191 Å². The van der Waals surface area contributed by atoms with Crippen LogP contribution in [-0.2, 0) is 14.4 Å². The van der Waals surface area contributed by atoms with Crippen molar-refractivity contribution in [2.24, 2.45) is 0 Å². The number of ether oxygens (including phenoxy) is 1. The Hall–Kier alpha value is -3.21. The van der Waals surface area contributed by atoms with Crippen molar-refractivity contribution >= 4 is 23.7 Å². The summed E-state index contributed by atoms with van der Waals surface area (Å²) in [7, 11) is 4.57. The number of amides is 3. The first-order chi connectivity index (χ1) is 15.6. The second-order valence-corrected chi connectivity index (χ2v) is 8.43. The number of carboxylic acid groups (broad SMARTS) is 1. The van der Waals surface area contributed by atoms with Crippen LogP contribution in [0.1, 0.15) is 29.6 Å². The Morgan fingerprint density at radius 3 is 2.61 bits per heavy atom. The maximum Gasteiger partial charge on any atom is 0.326 e. The molecule has 2 N–H and O–H groups in total. The zero-order chi connectivity index (χ0) is 24.3. The number of aliphatic carboxylic acids is 1. The molecule has 0 radical (unpaired) electrons. The number of halogens is 1. The zero-order valence-corrected chi connectivity index (χ0v) is 18.9. The Balaban J connectivity index is 1.98. The molecule has 1 aromatic carbocycles. The first-order valence-electron chi connectivity index (χ1n) is 10.7. The standard InChI is InChI=1S/C22H29FN4O6/c1-24-14-9-15-12-33-18-6-4-13(23)8-16(18)21(30)26(3)17(22(31)32)5-7-19(28)25(2)11-20(29)27(15)10-14/h4,6,8,14-15,17,24H,5,7,9-12H2,1-3H3,(H,31,32)/t14-,15-,17?/m0/s1. The number of fused-ring (bicyclic) bond motifs is 2. The van der Waals surface area contributed by atoms with E-state index in [-0.39, 0.29) is 55.3 Å². The van der Waals surface area contributed by atoms with E-state index in [1.807, 2.05) is 0 Å². The summed E-state index contributed by atoms with van der Waals surface area (Å²) in [6.07, 6.45) is 0.271. The fourth-order valence-electron chi connectivity index (χ4n) is 4.22. The summed E-state index contributed by atoms with van der Waals surface area (Å²) in [5.41, 5.74) is -0.122. The van der Waals surface area contributed by atoms with Gasteiger partial charge in [-0.25, -0.2) is 9.18 Å². The first kappa shape index (κ1) is 24.4. The molecule has 3 amide bonds. The third-order valence-electron chi connectivity index (χ3n) is 6.25. The number of hydrogen-bond acceptors (Lipinski definition) is 6. The smallest absolute Gasteiger partial charge is 0.326 e. The van der Waals surface area contributed by atoms with Crippen LogP contribution in [0, 0.1) is 5.82 Å². The SMILES string of the molecule is CN[C@H]1C[C@H]2COc3ccc(F)cc3C(=O)N(C)C(C(=O)O)CCC(=O)N(C)CC(=O)N2C1. The van der Waals surface area contributed by atoms with Crippen molar-refractivity contribution in [3.05, 3.63) is 29.6 Å². The van der Waals surface area contributed by atoms with Gasteiger partial charge in [-0.1, -0.05) is 0 Å². The lowest BCUT2D eigenvalue weighted by molar-refractivity contribution is -0.143. The van der Waals surface area contributed by atoms with Gasteiger partial charge in [0.25, 0.3) is 5.91 Å². The second-order valence-electron chi connectivity index (χ2n) is 8.43. The molecule has 2 aliphatic rings. The highest BCUT2D eigenvalue weighted by Crippen LogP contribution is 2.26. The van der Waals surface area contributed by atoms with E-state index in [0.29, 0.717) is 13.0 Å². The van der Waals surface area contributed by atoms with Gasteiger partial charge in [-0.15, -0.1) is 0 Å². The van der Waals surface area contributed by atoms with Gasteiger partial charge >= 0.3 is 5.97 Å². The Kier molecular flexibility index (Phi) is 7.52. The van der Waals surface area contributed by atoms with E-state index in [1.165, 1.54) is 25.1 Å². The highest BCUT2D eigenvalue weighted by atomic mass is 19.1. The van der Waals surface area contributed by atoms with E-state index in [0.717, 1.165) is 17.0 Å². The molecule has 0 spiro atoms. The summed E-state index contributed by atoms with van der Waals surface area (Å²) in [5.74, 6) is -3.27. The predicted molar refractivity (Wildman–Crippen MR) is 115 cm³/mol. The Morgan fingerprint density at radius 2 is 1.94 bits per heavy atom. The molecular weight excluding hydrogens is 435 g/mol. The van der Waals surface area contributed by atoms with Gasteiger partial charge < -0.3 is 29.9 Å². The van der Waals surface area contributed by atoms with Crippen LogP contribution in [0.15, 0.2) is 18.2 Å². The minimum atomic E-state index is -1.31. The van der Waals surface area contributed by atoms with E-state index < -0.39 is 29.6 Å². The summed E-state index contributed by atoms with van der Waals surface area (Å²) in [5, 5.41) is 12.8. The van der Waals surface area contributed by atoms with Gasteiger partial charge in [-0.3, -0.25) is 14.4 Å². The molecule has 1 fully saturated rings. The molecule has 0 saturated carbocycles. The number of hydrogen-bond donors (Lipinski definition) is 2. The van der Waals surface area contributed by atoms with Crippen LogP contribution in [-0.4, -0.2) is 102 Å². The molecule has 1 aromatic rings. The summed E-state index contributed by atoms with van der Waals surface area (Å²) < 4.78 is 19.9. The van der Waals surface area contributed by atoms with Gasteiger partial charge in [0.2, 0.25) is 11.8 Å². The maximum absolute atomic E-state index is 14.0. The lowest BCUT2D eigenvalue weighted by atomic mass is 10.1. The topological polar surface area (TPSA) is 119 Å². The average molecular weight is 464 g/mol. The molecule has 33 heavy (non-hydrogen) atoms. The number of likely N-dealkylation sites (N-methyl/N-ethyl adjacent to an activating group) is 3. The van der Waals surface area contributed by atoms with Crippen molar-refractivity contribution in [2.45, 2.75) is 37.4 Å². The van der Waals surface area contributed by atoms with Crippen LogP contribution in [0.2, 0.25) is 0 Å². The van der Waals surface area contributed by atoms with Gasteiger partial charge in [-0.05, 0) is 38.1 Å². The lowest BCUT2D eigenvalue weighted by Gasteiger charge is -2.27. The van der Waals surface area contributed by atoms with Crippen LogP contribution in [0.4, 0.5) is 4.39 Å². The van der Waals surface area contributed by atoms with Crippen LogP contribution in [0.5, 0.6) is 5.75 Å². The zero-order valence-electron chi connectivity index (χ0n) is 18.9. The van der Waals surface area contributed by atoms with Crippen LogP contribution >= 0.6 is 0 Å². The van der Waals surface area contributed by atoms with E-state index in [4.69, 9.17) is 4.74 Å². The highest BCUT2D eigenvalue weighted by Gasteiger charge is 2.37. The van der Waals surface area contributed by atoms with Crippen molar-refractivity contribution < 1.29 is 33.4 Å². The number of rotatable bonds is 2. The lowest BCUT2D eigenvalue weighted by Crippen LogP contribution is -2.46. The quantitative estimate of drug-likeness (QED) is 0.640. The van der Waals surface area contributed by atoms with Crippen LogP contribution in [0.25, 0.3) is 0 Å². The summed E-state index contributed by atoms with van der Waals surface area (Å²) >= 11 is 0. The average Bonchev–Trinajstić information content (AvgIpc) is 3.20. The number of nitrogens with one attached hydrogen (secondary N) is 1. The van der Waals surface area contributed by atoms with Gasteiger partial charge in [0, 0.05) is 33.1 Å². The maximum atomic E-state index is 14.0. The van der Waals surface area contributed by atoms with Gasteiger partial charge in [0.15, 0.2) is 0 Å². The molecule has 0 aromatic heterocycles. The van der Waals surface area contributed by atoms with Crippen molar-refractivity contribution in [3.63, 3.8) is 0 Å². The largest absolute Gasteiger partial charge is 0.491 e. The normalized spacial score (nSPS) is 25.2. The van der Waals surface area contributed by atoms with Gasteiger partial charge in [0.1, 0.15) is 24.2 Å². The molecule has 180 valence electrons. The number of carbonyl (C=O) groups is 4. The molecule has 1 unspecified atom stereocenters. The Bertz CT molecular complexity index is 941. The molecule has 1 saturated heterocycles. The molecule has 11 heteroatoms. The minimum absolute atomic E-state index is 0.0409. The van der Waals surface area contributed by atoms with Gasteiger partial charge in [0.05, 0.1) is 18.2 Å².